The van der Waals surface area contributed by atoms with Gasteiger partial charge in [0.1, 0.15) is 5.82 Å². The third-order valence-corrected chi connectivity index (χ3v) is 3.60. The van der Waals surface area contributed by atoms with Crippen molar-refractivity contribution >= 4 is 11.7 Å². The van der Waals surface area contributed by atoms with Crippen LogP contribution in [0.2, 0.25) is 0 Å². The van der Waals surface area contributed by atoms with Crippen LogP contribution in [0.25, 0.3) is 0 Å². The van der Waals surface area contributed by atoms with Gasteiger partial charge in [0.15, 0.2) is 0 Å². The Bertz CT molecular complexity index is 413. The van der Waals surface area contributed by atoms with E-state index >= 15 is 0 Å². The predicted octanol–water partition coefficient (Wildman–Crippen LogP) is 2.03. The van der Waals surface area contributed by atoms with Gasteiger partial charge in [-0.05, 0) is 44.7 Å². The molecule has 0 unspecified atom stereocenters. The molecule has 17 heavy (non-hydrogen) atoms. The molecule has 4 nitrogen and oxygen atoms in total. The number of carbonyl (C=O) groups is 1. The van der Waals surface area contributed by atoms with Gasteiger partial charge in [0.2, 0.25) is 0 Å². The molecule has 0 bridgehead atoms. The molecular formula is C13H19N3O. The molecule has 1 heterocycles. The number of amides is 1. The van der Waals surface area contributed by atoms with Gasteiger partial charge in [0.25, 0.3) is 5.91 Å². The highest BCUT2D eigenvalue weighted by Gasteiger charge is 2.36. The van der Waals surface area contributed by atoms with Crippen molar-refractivity contribution in [1.82, 2.24) is 10.3 Å². The van der Waals surface area contributed by atoms with Crippen molar-refractivity contribution in [2.24, 2.45) is 0 Å². The summed E-state index contributed by atoms with van der Waals surface area (Å²) in [6, 6.07) is 3.40. The number of rotatable bonds is 3. The third-order valence-electron chi connectivity index (χ3n) is 3.60. The van der Waals surface area contributed by atoms with Crippen LogP contribution in [0.4, 0.5) is 5.82 Å². The molecule has 1 aromatic rings. The van der Waals surface area contributed by atoms with E-state index in [0.717, 1.165) is 25.0 Å². The second kappa shape index (κ2) is 4.35. The number of aryl methyl sites for hydroxylation is 1. The van der Waals surface area contributed by atoms with Crippen LogP contribution >= 0.6 is 0 Å². The summed E-state index contributed by atoms with van der Waals surface area (Å²) in [6.07, 6.45) is 4.34. The van der Waals surface area contributed by atoms with E-state index in [9.17, 15) is 4.79 Å². The summed E-state index contributed by atoms with van der Waals surface area (Å²) in [7, 11) is 0. The summed E-state index contributed by atoms with van der Waals surface area (Å²) in [5.41, 5.74) is 7.04. The smallest absolute Gasteiger partial charge is 0.251 e. The highest BCUT2D eigenvalue weighted by molar-refractivity contribution is 5.95. The van der Waals surface area contributed by atoms with E-state index < -0.39 is 0 Å². The van der Waals surface area contributed by atoms with Gasteiger partial charge in [-0.1, -0.05) is 6.92 Å². The molecule has 0 atom stereocenters. The van der Waals surface area contributed by atoms with Gasteiger partial charge in [-0.3, -0.25) is 4.79 Å². The molecule has 1 aromatic heterocycles. The quantitative estimate of drug-likeness (QED) is 0.839. The summed E-state index contributed by atoms with van der Waals surface area (Å²) >= 11 is 0. The average Bonchev–Trinajstić information content (AvgIpc) is 2.21. The van der Waals surface area contributed by atoms with Crippen LogP contribution in [0, 0.1) is 6.92 Å². The molecule has 2 rings (SSSR count). The lowest BCUT2D eigenvalue weighted by molar-refractivity contribution is 0.0820. The zero-order chi connectivity index (χ0) is 12.5. The van der Waals surface area contributed by atoms with E-state index in [1.165, 1.54) is 6.42 Å². The second-order valence-electron chi connectivity index (χ2n) is 4.86. The largest absolute Gasteiger partial charge is 0.384 e. The van der Waals surface area contributed by atoms with Gasteiger partial charge < -0.3 is 11.1 Å². The average molecular weight is 233 g/mol. The Labute approximate surface area is 102 Å². The van der Waals surface area contributed by atoms with Crippen molar-refractivity contribution < 1.29 is 4.79 Å². The van der Waals surface area contributed by atoms with E-state index in [-0.39, 0.29) is 11.4 Å². The molecule has 0 radical (unpaired) electrons. The predicted molar refractivity (Wildman–Crippen MR) is 67.7 cm³/mol. The number of hydrogen-bond donors (Lipinski definition) is 2. The highest BCUT2D eigenvalue weighted by Crippen LogP contribution is 2.34. The molecule has 92 valence electrons. The minimum atomic E-state index is -0.0382. The number of anilines is 1. The molecule has 1 amide bonds. The molecule has 1 aliphatic carbocycles. The number of pyridine rings is 1. The lowest BCUT2D eigenvalue weighted by Crippen LogP contribution is -2.53. The molecular weight excluding hydrogens is 214 g/mol. The van der Waals surface area contributed by atoms with E-state index in [1.54, 1.807) is 12.1 Å². The van der Waals surface area contributed by atoms with Crippen molar-refractivity contribution in [3.8, 4) is 0 Å². The maximum Gasteiger partial charge on any atom is 0.251 e. The number of hydrogen-bond acceptors (Lipinski definition) is 3. The standard InChI is InChI=1S/C13H19N3O/c1-3-13(5-4-6-13)16-12(17)10-7-9(2)15-11(14)8-10/h7-8H,3-6H2,1-2H3,(H2,14,15)(H,16,17). The van der Waals surface area contributed by atoms with Crippen LogP contribution in [0.5, 0.6) is 0 Å². The van der Waals surface area contributed by atoms with Crippen molar-refractivity contribution in [1.29, 1.82) is 0 Å². The van der Waals surface area contributed by atoms with E-state index in [4.69, 9.17) is 5.73 Å². The lowest BCUT2D eigenvalue weighted by atomic mass is 9.74. The molecule has 1 aliphatic rings. The zero-order valence-electron chi connectivity index (χ0n) is 10.4. The number of aromatic nitrogens is 1. The zero-order valence-corrected chi connectivity index (χ0v) is 10.4. The maximum atomic E-state index is 12.1. The molecule has 1 saturated carbocycles. The SMILES string of the molecule is CCC1(NC(=O)c2cc(C)nc(N)c2)CCC1. The summed E-state index contributed by atoms with van der Waals surface area (Å²) in [5.74, 6) is 0.359. The Morgan fingerprint density at radius 1 is 1.53 bits per heavy atom. The molecule has 0 aromatic carbocycles. The third kappa shape index (κ3) is 2.40. The normalized spacial score (nSPS) is 17.3. The number of nitrogens with zero attached hydrogens (tertiary/aromatic N) is 1. The van der Waals surface area contributed by atoms with Gasteiger partial charge in [0.05, 0.1) is 0 Å². The number of nitrogens with two attached hydrogens (primary N) is 1. The van der Waals surface area contributed by atoms with Crippen LogP contribution in [0.1, 0.15) is 48.7 Å². The molecule has 1 fully saturated rings. The van der Waals surface area contributed by atoms with Gasteiger partial charge in [-0.15, -0.1) is 0 Å². The number of nitrogen functional groups attached to an aromatic ring is 1. The molecule has 3 N–H and O–H groups in total. The van der Waals surface area contributed by atoms with Gasteiger partial charge in [0, 0.05) is 16.8 Å². The summed E-state index contributed by atoms with van der Waals surface area (Å²) in [6.45, 7) is 3.96. The van der Waals surface area contributed by atoms with Crippen molar-refractivity contribution in [3.63, 3.8) is 0 Å². The van der Waals surface area contributed by atoms with Gasteiger partial charge >= 0.3 is 0 Å². The monoisotopic (exact) mass is 233 g/mol. The fourth-order valence-electron chi connectivity index (χ4n) is 2.31. The van der Waals surface area contributed by atoms with E-state index in [0.29, 0.717) is 11.4 Å². The van der Waals surface area contributed by atoms with Crippen LogP contribution in [0.15, 0.2) is 12.1 Å². The summed E-state index contributed by atoms with van der Waals surface area (Å²) in [5, 5.41) is 3.13. The van der Waals surface area contributed by atoms with Gasteiger partial charge in [-0.2, -0.15) is 0 Å². The Balaban J connectivity index is 2.14. The highest BCUT2D eigenvalue weighted by atomic mass is 16.1. The Morgan fingerprint density at radius 3 is 2.71 bits per heavy atom. The summed E-state index contributed by atoms with van der Waals surface area (Å²) in [4.78, 5) is 16.2. The number of nitrogens with one attached hydrogen (secondary N) is 1. The molecule has 4 heteroatoms. The topological polar surface area (TPSA) is 68.0 Å². The molecule has 0 aliphatic heterocycles. The fraction of sp³-hybridized carbons (Fsp3) is 0.538. The van der Waals surface area contributed by atoms with Crippen LogP contribution in [-0.4, -0.2) is 16.4 Å². The first-order chi connectivity index (χ1) is 8.04. The number of carbonyl (C=O) groups excluding carboxylic acids is 1. The minimum Gasteiger partial charge on any atom is -0.384 e. The Kier molecular flexibility index (Phi) is 3.05. The van der Waals surface area contributed by atoms with Gasteiger partial charge in [-0.25, -0.2) is 4.98 Å². The van der Waals surface area contributed by atoms with E-state index in [2.05, 4.69) is 17.2 Å². The fourth-order valence-corrected chi connectivity index (χ4v) is 2.31. The Hall–Kier alpha value is -1.58. The van der Waals surface area contributed by atoms with Crippen molar-refractivity contribution in [3.05, 3.63) is 23.4 Å². The Morgan fingerprint density at radius 2 is 2.24 bits per heavy atom. The molecule has 0 saturated heterocycles. The van der Waals surface area contributed by atoms with Crippen molar-refractivity contribution in [2.75, 3.05) is 5.73 Å². The minimum absolute atomic E-state index is 0.0169. The van der Waals surface area contributed by atoms with E-state index in [1.807, 2.05) is 6.92 Å². The maximum absolute atomic E-state index is 12.1. The first-order valence-corrected chi connectivity index (χ1v) is 6.11. The van der Waals surface area contributed by atoms with Crippen LogP contribution < -0.4 is 11.1 Å². The van der Waals surface area contributed by atoms with Crippen molar-refractivity contribution in [2.45, 2.75) is 45.1 Å². The lowest BCUT2D eigenvalue weighted by Gasteiger charge is -2.42. The van der Waals surface area contributed by atoms with Crippen LogP contribution in [-0.2, 0) is 0 Å². The first kappa shape index (κ1) is 11.9. The molecule has 0 spiro atoms. The second-order valence-corrected chi connectivity index (χ2v) is 4.86. The summed E-state index contributed by atoms with van der Waals surface area (Å²) < 4.78 is 0. The van der Waals surface area contributed by atoms with Crippen LogP contribution in [0.3, 0.4) is 0 Å². The first-order valence-electron chi connectivity index (χ1n) is 6.11.